The summed E-state index contributed by atoms with van der Waals surface area (Å²) in [5.41, 5.74) is 0.998. The largest absolute Gasteiger partial charge is 0.493 e. The number of para-hydroxylation sites is 1. The van der Waals surface area contributed by atoms with Crippen LogP contribution in [0.2, 0.25) is 0 Å². The molecular weight excluding hydrogens is 214 g/mol. The fourth-order valence-corrected chi connectivity index (χ4v) is 2.73. The predicted molar refractivity (Wildman–Crippen MR) is 66.2 cm³/mol. The van der Waals surface area contributed by atoms with E-state index in [1.807, 2.05) is 12.1 Å². The highest BCUT2D eigenvalue weighted by molar-refractivity contribution is 5.40. The molecule has 2 aliphatic heterocycles. The summed E-state index contributed by atoms with van der Waals surface area (Å²) >= 11 is 0. The number of hydrogen-bond acceptors (Lipinski definition) is 3. The second kappa shape index (κ2) is 4.00. The summed E-state index contributed by atoms with van der Waals surface area (Å²) in [6.45, 7) is 5.91. The molecule has 17 heavy (non-hydrogen) atoms. The van der Waals surface area contributed by atoms with E-state index < -0.39 is 0 Å². The number of benzene rings is 1. The van der Waals surface area contributed by atoms with Crippen LogP contribution in [0.25, 0.3) is 0 Å². The van der Waals surface area contributed by atoms with Gasteiger partial charge in [0.2, 0.25) is 0 Å². The molecule has 3 atom stereocenters. The van der Waals surface area contributed by atoms with E-state index in [1.165, 1.54) is 5.56 Å². The minimum atomic E-state index is -0.194. The highest BCUT2D eigenvalue weighted by atomic mass is 16.5. The Kier molecular flexibility index (Phi) is 2.60. The first-order valence-corrected chi connectivity index (χ1v) is 6.35. The van der Waals surface area contributed by atoms with Crippen molar-refractivity contribution in [2.45, 2.75) is 38.0 Å². The Morgan fingerprint density at radius 2 is 2.12 bits per heavy atom. The van der Waals surface area contributed by atoms with Crippen molar-refractivity contribution in [1.29, 1.82) is 0 Å². The second-order valence-corrected chi connectivity index (χ2v) is 5.08. The molecule has 0 aromatic heterocycles. The quantitative estimate of drug-likeness (QED) is 0.744. The first-order chi connectivity index (χ1) is 8.21. The molecule has 1 saturated heterocycles. The summed E-state index contributed by atoms with van der Waals surface area (Å²) in [5.74, 6) is 0.974. The number of nitrogens with one attached hydrogen (secondary N) is 1. The normalized spacial score (nSPS) is 36.4. The van der Waals surface area contributed by atoms with Crippen LogP contribution in [0.1, 0.15) is 25.8 Å². The lowest BCUT2D eigenvalue weighted by Crippen LogP contribution is -2.57. The molecule has 0 radical (unpaired) electrons. The van der Waals surface area contributed by atoms with Gasteiger partial charge in [0, 0.05) is 24.6 Å². The third-order valence-electron chi connectivity index (χ3n) is 3.97. The number of morpholine rings is 1. The maximum Gasteiger partial charge on any atom is 0.125 e. The van der Waals surface area contributed by atoms with Gasteiger partial charge in [-0.3, -0.25) is 0 Å². The number of ether oxygens (including phenoxy) is 2. The van der Waals surface area contributed by atoms with Gasteiger partial charge >= 0.3 is 0 Å². The van der Waals surface area contributed by atoms with Crippen molar-refractivity contribution in [2.24, 2.45) is 0 Å². The van der Waals surface area contributed by atoms with Crippen LogP contribution in [-0.4, -0.2) is 25.3 Å². The Labute approximate surface area is 102 Å². The SMILES string of the molecule is CC1NCC2(CCOc3ccccc32)OC1C. The molecule has 92 valence electrons. The summed E-state index contributed by atoms with van der Waals surface area (Å²) in [6.07, 6.45) is 1.16. The molecule has 1 aromatic rings. The van der Waals surface area contributed by atoms with E-state index >= 15 is 0 Å². The fraction of sp³-hybridized carbons (Fsp3) is 0.571. The average molecular weight is 233 g/mol. The first kappa shape index (κ1) is 11.1. The van der Waals surface area contributed by atoms with Crippen molar-refractivity contribution in [3.63, 3.8) is 0 Å². The predicted octanol–water partition coefficient (Wildman–Crippen LogP) is 2.06. The van der Waals surface area contributed by atoms with Gasteiger partial charge in [-0.2, -0.15) is 0 Å². The van der Waals surface area contributed by atoms with E-state index in [2.05, 4.69) is 31.3 Å². The van der Waals surface area contributed by atoms with Crippen LogP contribution in [0.3, 0.4) is 0 Å². The zero-order chi connectivity index (χ0) is 11.9. The zero-order valence-electron chi connectivity index (χ0n) is 10.4. The van der Waals surface area contributed by atoms with Gasteiger partial charge in [-0.05, 0) is 19.9 Å². The smallest absolute Gasteiger partial charge is 0.125 e. The molecule has 0 bridgehead atoms. The van der Waals surface area contributed by atoms with E-state index in [1.54, 1.807) is 0 Å². The Morgan fingerprint density at radius 3 is 2.94 bits per heavy atom. The Balaban J connectivity index is 1.99. The number of hydrogen-bond donors (Lipinski definition) is 1. The van der Waals surface area contributed by atoms with Crippen molar-refractivity contribution < 1.29 is 9.47 Å². The van der Waals surface area contributed by atoms with Crippen molar-refractivity contribution in [3.05, 3.63) is 29.8 Å². The fourth-order valence-electron chi connectivity index (χ4n) is 2.73. The highest BCUT2D eigenvalue weighted by Crippen LogP contribution is 2.41. The van der Waals surface area contributed by atoms with Crippen molar-refractivity contribution in [1.82, 2.24) is 5.32 Å². The second-order valence-electron chi connectivity index (χ2n) is 5.08. The molecule has 1 aromatic carbocycles. The van der Waals surface area contributed by atoms with Crippen LogP contribution >= 0.6 is 0 Å². The van der Waals surface area contributed by atoms with Gasteiger partial charge in [0.1, 0.15) is 11.4 Å². The topological polar surface area (TPSA) is 30.5 Å². The zero-order valence-corrected chi connectivity index (χ0v) is 10.4. The summed E-state index contributed by atoms with van der Waals surface area (Å²) < 4.78 is 12.0. The molecule has 0 saturated carbocycles. The molecule has 3 nitrogen and oxygen atoms in total. The molecule has 0 amide bonds. The van der Waals surface area contributed by atoms with Gasteiger partial charge in [-0.25, -0.2) is 0 Å². The number of fused-ring (bicyclic) bond motifs is 2. The molecule has 2 aliphatic rings. The molecule has 0 aliphatic carbocycles. The first-order valence-electron chi connectivity index (χ1n) is 6.35. The van der Waals surface area contributed by atoms with E-state index in [4.69, 9.17) is 9.47 Å². The Bertz CT molecular complexity index is 420. The maximum atomic E-state index is 6.31. The van der Waals surface area contributed by atoms with Crippen molar-refractivity contribution in [3.8, 4) is 5.75 Å². The molecular formula is C14H19NO2. The van der Waals surface area contributed by atoms with Gasteiger partial charge in [0.15, 0.2) is 0 Å². The van der Waals surface area contributed by atoms with Gasteiger partial charge in [0.05, 0.1) is 12.7 Å². The third-order valence-corrected chi connectivity index (χ3v) is 3.97. The van der Waals surface area contributed by atoms with Crippen molar-refractivity contribution >= 4 is 0 Å². The number of rotatable bonds is 0. The minimum Gasteiger partial charge on any atom is -0.493 e. The molecule has 1 N–H and O–H groups in total. The Hall–Kier alpha value is -1.06. The van der Waals surface area contributed by atoms with E-state index in [9.17, 15) is 0 Å². The summed E-state index contributed by atoms with van der Waals surface area (Å²) in [6, 6.07) is 8.64. The molecule has 1 fully saturated rings. The summed E-state index contributed by atoms with van der Waals surface area (Å²) in [5, 5.41) is 3.55. The van der Waals surface area contributed by atoms with Gasteiger partial charge in [-0.15, -0.1) is 0 Å². The van der Waals surface area contributed by atoms with Crippen LogP contribution in [0.4, 0.5) is 0 Å². The molecule has 3 unspecified atom stereocenters. The lowest BCUT2D eigenvalue weighted by molar-refractivity contribution is -0.146. The Morgan fingerprint density at radius 1 is 1.29 bits per heavy atom. The van der Waals surface area contributed by atoms with Crippen LogP contribution in [0.15, 0.2) is 24.3 Å². The minimum absolute atomic E-state index is 0.194. The molecule has 3 heteroatoms. The van der Waals surface area contributed by atoms with E-state index in [0.29, 0.717) is 6.04 Å². The summed E-state index contributed by atoms with van der Waals surface area (Å²) in [4.78, 5) is 0. The lowest BCUT2D eigenvalue weighted by Gasteiger charge is -2.46. The monoisotopic (exact) mass is 233 g/mol. The van der Waals surface area contributed by atoms with Crippen molar-refractivity contribution in [2.75, 3.05) is 13.2 Å². The van der Waals surface area contributed by atoms with Crippen LogP contribution in [-0.2, 0) is 10.3 Å². The summed E-state index contributed by atoms with van der Waals surface area (Å²) in [7, 11) is 0. The third kappa shape index (κ3) is 1.74. The lowest BCUT2D eigenvalue weighted by atomic mass is 9.85. The van der Waals surface area contributed by atoms with Gasteiger partial charge in [0.25, 0.3) is 0 Å². The van der Waals surface area contributed by atoms with Crippen LogP contribution in [0, 0.1) is 0 Å². The van der Waals surface area contributed by atoms with E-state index in [0.717, 1.165) is 25.3 Å². The average Bonchev–Trinajstić information content (AvgIpc) is 2.35. The van der Waals surface area contributed by atoms with Crippen LogP contribution in [0.5, 0.6) is 5.75 Å². The maximum absolute atomic E-state index is 6.31. The van der Waals surface area contributed by atoms with Gasteiger partial charge < -0.3 is 14.8 Å². The van der Waals surface area contributed by atoms with Gasteiger partial charge in [-0.1, -0.05) is 18.2 Å². The molecule has 2 heterocycles. The molecule has 3 rings (SSSR count). The molecule has 1 spiro atoms. The van der Waals surface area contributed by atoms with E-state index in [-0.39, 0.29) is 11.7 Å². The van der Waals surface area contributed by atoms with Crippen LogP contribution < -0.4 is 10.1 Å². The highest BCUT2D eigenvalue weighted by Gasteiger charge is 2.43. The standard InChI is InChI=1S/C14H19NO2/c1-10-11(2)17-14(9-15-10)7-8-16-13-6-4-3-5-12(13)14/h3-6,10-11,15H,7-9H2,1-2H3.